The van der Waals surface area contributed by atoms with Gasteiger partial charge in [0.25, 0.3) is 11.8 Å². The van der Waals surface area contributed by atoms with Crippen LogP contribution < -0.4 is 50.4 Å². The molecule has 1 unspecified atom stereocenters. The molecule has 1 aromatic rings. The number of anilines is 1. The number of thiazole rings is 1. The van der Waals surface area contributed by atoms with Crippen molar-refractivity contribution in [3.63, 3.8) is 0 Å². The SMILES string of the molecule is CS(=O)(=O)CS(=O)(=O)NCCC1=C(C([O-])=S)N2C(=O)C(NC(=O)/C(=N\O)c3csc(N)n3)[C@H]2SC1.[Na+]. The smallest absolute Gasteiger partial charge is 0.863 e. The fourth-order valence-corrected chi connectivity index (χ4v) is 8.54. The van der Waals surface area contributed by atoms with Gasteiger partial charge in [-0.1, -0.05) is 17.4 Å². The minimum absolute atomic E-state index is 0. The monoisotopic (exact) mass is 606 g/mol. The minimum atomic E-state index is -4.10. The number of thiocarbonyl (C=S) groups is 1. The number of carbonyl (C=O) groups is 2. The molecule has 20 heteroatoms. The zero-order valence-electron chi connectivity index (χ0n) is 18.8. The number of nitrogen functional groups attached to an aromatic ring is 1. The number of oxime groups is 1. The minimum Gasteiger partial charge on any atom is -0.863 e. The molecule has 0 aliphatic carbocycles. The number of carbonyl (C=O) groups excluding carboxylic acids is 2. The van der Waals surface area contributed by atoms with Crippen LogP contribution in [0.2, 0.25) is 0 Å². The van der Waals surface area contributed by atoms with E-state index in [0.29, 0.717) is 5.57 Å². The van der Waals surface area contributed by atoms with Crippen LogP contribution in [0, 0.1) is 0 Å². The zero-order chi connectivity index (χ0) is 26.1. The predicted molar refractivity (Wildman–Crippen MR) is 131 cm³/mol. The van der Waals surface area contributed by atoms with Crippen LogP contribution in [-0.4, -0.2) is 89.6 Å². The molecule has 1 saturated heterocycles. The molecule has 3 rings (SSSR count). The summed E-state index contributed by atoms with van der Waals surface area (Å²) in [5.41, 5.74) is 5.43. The summed E-state index contributed by atoms with van der Waals surface area (Å²) in [6, 6.07) is -1.04. The van der Waals surface area contributed by atoms with E-state index in [1.165, 1.54) is 17.1 Å². The largest absolute Gasteiger partial charge is 1.00 e. The van der Waals surface area contributed by atoms with E-state index in [1.807, 2.05) is 0 Å². The molecule has 0 spiro atoms. The molecule has 192 valence electrons. The number of aromatic nitrogens is 1. The normalized spacial score (nSPS) is 20.3. The first-order valence-corrected chi connectivity index (χ1v) is 15.6. The van der Waals surface area contributed by atoms with E-state index >= 15 is 0 Å². The number of sulfonamides is 1. The van der Waals surface area contributed by atoms with E-state index in [4.69, 9.17) is 18.0 Å². The molecular weight excluding hydrogens is 588 g/mol. The van der Waals surface area contributed by atoms with Gasteiger partial charge in [0.2, 0.25) is 10.0 Å². The standard InChI is InChI=1S/C16H20N6O8S5.Na/c1-34(27,28)6-35(29,30)18-3-2-7-4-32-14-10(13(24)22(14)11(7)15(25)31)20-12(23)9(21-26)8-5-33-16(17)19-8;/h5,10,14,18,26H,2-4,6H2,1H3,(H2,17,19)(H,20,23)(H,25,31);/q;+1/p-1/b21-9-;/t10?,14-;/m1./s1. The van der Waals surface area contributed by atoms with Crippen LogP contribution in [0.25, 0.3) is 0 Å². The molecule has 36 heavy (non-hydrogen) atoms. The quantitative estimate of drug-likeness (QED) is 0.0489. The number of nitrogens with two attached hydrogens (primary N) is 1. The summed E-state index contributed by atoms with van der Waals surface area (Å²) < 4.78 is 48.3. The second-order valence-electron chi connectivity index (χ2n) is 7.42. The maximum absolute atomic E-state index is 12.8. The molecule has 0 radical (unpaired) electrons. The maximum atomic E-state index is 12.8. The predicted octanol–water partition coefficient (Wildman–Crippen LogP) is -5.44. The number of nitrogens with zero attached hydrogens (tertiary/aromatic N) is 3. The Bertz CT molecular complexity index is 1340. The third kappa shape index (κ3) is 7.16. The first kappa shape index (κ1) is 30.9. The third-order valence-electron chi connectivity index (χ3n) is 4.72. The van der Waals surface area contributed by atoms with Gasteiger partial charge in [0, 0.05) is 29.6 Å². The number of hydrogen-bond acceptors (Lipinski definition) is 14. The number of hydrogen-bond donors (Lipinski definition) is 4. The first-order chi connectivity index (χ1) is 16.2. The van der Waals surface area contributed by atoms with E-state index < -0.39 is 58.9 Å². The van der Waals surface area contributed by atoms with E-state index in [0.717, 1.165) is 22.5 Å². The number of β-lactam (4-membered cyclic amide) rings is 1. The molecule has 2 aliphatic heterocycles. The van der Waals surface area contributed by atoms with Crippen molar-refractivity contribution >= 4 is 82.9 Å². The molecule has 3 heterocycles. The van der Waals surface area contributed by atoms with Crippen LogP contribution in [0.5, 0.6) is 0 Å². The van der Waals surface area contributed by atoms with Crippen molar-refractivity contribution in [1.29, 1.82) is 0 Å². The van der Waals surface area contributed by atoms with Crippen LogP contribution in [0.1, 0.15) is 12.1 Å². The summed E-state index contributed by atoms with van der Waals surface area (Å²) in [6.45, 7) is -0.209. The molecule has 1 aromatic heterocycles. The van der Waals surface area contributed by atoms with Crippen LogP contribution >= 0.6 is 35.3 Å². The number of sulfone groups is 1. The molecule has 0 saturated carbocycles. The second kappa shape index (κ2) is 12.0. The summed E-state index contributed by atoms with van der Waals surface area (Å²) in [4.78, 5) is 30.3. The van der Waals surface area contributed by atoms with Gasteiger partial charge in [-0.05, 0) is 17.0 Å². The second-order valence-corrected chi connectivity index (χ2v) is 14.1. The summed E-state index contributed by atoms with van der Waals surface area (Å²) >= 11 is 7.00. The van der Waals surface area contributed by atoms with Gasteiger partial charge < -0.3 is 21.4 Å². The van der Waals surface area contributed by atoms with Crippen molar-refractivity contribution in [3.05, 3.63) is 22.3 Å². The Morgan fingerprint density at radius 2 is 2.08 bits per heavy atom. The van der Waals surface area contributed by atoms with E-state index in [1.54, 1.807) is 0 Å². The molecule has 2 aliphatic rings. The van der Waals surface area contributed by atoms with E-state index in [-0.39, 0.29) is 64.8 Å². The van der Waals surface area contributed by atoms with Crippen LogP contribution in [0.15, 0.2) is 21.8 Å². The van der Waals surface area contributed by atoms with Gasteiger partial charge in [-0.25, -0.2) is 26.5 Å². The van der Waals surface area contributed by atoms with Crippen molar-refractivity contribution in [1.82, 2.24) is 19.9 Å². The third-order valence-corrected chi connectivity index (χ3v) is 10.5. The van der Waals surface area contributed by atoms with E-state index in [9.17, 15) is 36.7 Å². The Morgan fingerprint density at radius 3 is 2.61 bits per heavy atom. The summed E-state index contributed by atoms with van der Waals surface area (Å²) in [5, 5.41) is 25.7. The van der Waals surface area contributed by atoms with Crippen molar-refractivity contribution in [2.75, 3.05) is 29.4 Å². The van der Waals surface area contributed by atoms with Crippen molar-refractivity contribution in [2.24, 2.45) is 5.16 Å². The molecule has 0 aromatic carbocycles. The number of rotatable bonds is 10. The topological polar surface area (TPSA) is 224 Å². The summed E-state index contributed by atoms with van der Waals surface area (Å²) in [7, 11) is -7.88. The van der Waals surface area contributed by atoms with Gasteiger partial charge in [-0.2, -0.15) is 0 Å². The molecular formula is C16H19N6NaO8S5. The molecule has 5 N–H and O–H groups in total. The maximum Gasteiger partial charge on any atom is 1.00 e. The summed E-state index contributed by atoms with van der Waals surface area (Å²) in [6.07, 6.45) is 0.792. The Kier molecular flexibility index (Phi) is 10.3. The van der Waals surface area contributed by atoms with Gasteiger partial charge in [0.05, 0.1) is 0 Å². The number of nitrogens with one attached hydrogen (secondary N) is 2. The van der Waals surface area contributed by atoms with Crippen LogP contribution in [0.4, 0.5) is 5.13 Å². The molecule has 2 amide bonds. The number of thioether (sulfide) groups is 1. The first-order valence-electron chi connectivity index (χ1n) is 9.51. The van der Waals surface area contributed by atoms with Crippen molar-refractivity contribution in [3.8, 4) is 0 Å². The zero-order valence-corrected chi connectivity index (χ0v) is 24.9. The fraction of sp³-hybridized carbons (Fsp3) is 0.438. The summed E-state index contributed by atoms with van der Waals surface area (Å²) in [5.74, 6) is -1.30. The molecule has 2 atom stereocenters. The Morgan fingerprint density at radius 1 is 1.42 bits per heavy atom. The van der Waals surface area contributed by atoms with Crippen molar-refractivity contribution in [2.45, 2.75) is 17.8 Å². The fourth-order valence-electron chi connectivity index (χ4n) is 3.36. The average molecular weight is 607 g/mol. The molecule has 0 bridgehead atoms. The van der Waals surface area contributed by atoms with Crippen molar-refractivity contribution < 1.29 is 66.3 Å². The Labute approximate surface area is 242 Å². The van der Waals surface area contributed by atoms with Gasteiger partial charge in [-0.15, -0.1) is 23.1 Å². The number of amides is 2. The molecule has 14 nitrogen and oxygen atoms in total. The van der Waals surface area contributed by atoms with Crippen LogP contribution in [0.3, 0.4) is 0 Å². The van der Waals surface area contributed by atoms with Gasteiger partial charge in [0.1, 0.15) is 17.1 Å². The van der Waals surface area contributed by atoms with Gasteiger partial charge >= 0.3 is 29.6 Å². The molecule has 1 fully saturated rings. The number of fused-ring (bicyclic) bond motifs is 1. The van der Waals surface area contributed by atoms with Gasteiger partial charge in [-0.3, -0.25) is 14.5 Å². The Hall–Kier alpha value is -1.32. The van der Waals surface area contributed by atoms with Gasteiger partial charge in [0.15, 0.2) is 25.8 Å². The van der Waals surface area contributed by atoms with Crippen LogP contribution in [-0.2, 0) is 29.4 Å². The Balaban J connectivity index is 0.00000456. The van der Waals surface area contributed by atoms with E-state index in [2.05, 4.69) is 20.2 Å². The average Bonchev–Trinajstić information content (AvgIpc) is 3.15.